The lowest BCUT2D eigenvalue weighted by Gasteiger charge is -2.11. The highest BCUT2D eigenvalue weighted by Gasteiger charge is 2.18. The summed E-state index contributed by atoms with van der Waals surface area (Å²) in [4.78, 5) is 14.1. The number of benzene rings is 1. The van der Waals surface area contributed by atoms with Crippen LogP contribution in [-0.4, -0.2) is 26.8 Å². The molecular formula is C20H19N5O2. The third-order valence-corrected chi connectivity index (χ3v) is 4.22. The lowest BCUT2D eigenvalue weighted by molar-refractivity contribution is 0.268. The lowest BCUT2D eigenvalue weighted by Crippen LogP contribution is -2.07. The zero-order valence-electron chi connectivity index (χ0n) is 15.4. The number of allylic oxidation sites excluding steroid dienone is 1. The van der Waals surface area contributed by atoms with E-state index in [1.165, 1.54) is 11.8 Å². The molecule has 1 aliphatic rings. The molecule has 1 aromatic carbocycles. The number of pyridine rings is 1. The molecule has 0 amide bonds. The monoisotopic (exact) mass is 361 g/mol. The minimum Gasteiger partial charge on any atom is -0.472 e. The number of nitrogens with zero attached hydrogens (tertiary/aromatic N) is 5. The van der Waals surface area contributed by atoms with Crippen LogP contribution in [0.2, 0.25) is 0 Å². The summed E-state index contributed by atoms with van der Waals surface area (Å²) in [6.45, 7) is 4.38. The Kier molecular flexibility index (Phi) is 4.42. The largest absolute Gasteiger partial charge is 0.472 e. The Morgan fingerprint density at radius 1 is 1.19 bits per heavy atom. The highest BCUT2D eigenvalue weighted by Crippen LogP contribution is 2.26. The molecule has 4 rings (SSSR count). The molecule has 7 nitrogen and oxygen atoms in total. The van der Waals surface area contributed by atoms with Gasteiger partial charge in [0, 0.05) is 18.6 Å². The average molecular weight is 361 g/mol. The fraction of sp³-hybridized carbons (Fsp3) is 0.200. The molecule has 0 atom stereocenters. The van der Waals surface area contributed by atoms with E-state index in [1.807, 2.05) is 32.2 Å². The fourth-order valence-electron chi connectivity index (χ4n) is 2.96. The predicted molar refractivity (Wildman–Crippen MR) is 104 cm³/mol. The Bertz CT molecular complexity index is 1100. The highest BCUT2D eigenvalue weighted by atomic mass is 16.6. The molecule has 0 aliphatic carbocycles. The molecule has 0 N–H and O–H groups in total. The Morgan fingerprint density at radius 2 is 2.07 bits per heavy atom. The van der Waals surface area contributed by atoms with E-state index >= 15 is 0 Å². The molecule has 3 heterocycles. The molecule has 0 bridgehead atoms. The Labute approximate surface area is 156 Å². The Hall–Kier alpha value is -3.48. The second kappa shape index (κ2) is 7.03. The van der Waals surface area contributed by atoms with Gasteiger partial charge in [0.25, 0.3) is 0 Å². The quantitative estimate of drug-likeness (QED) is 0.713. The van der Waals surface area contributed by atoms with E-state index in [1.54, 1.807) is 17.0 Å². The molecule has 0 spiro atoms. The summed E-state index contributed by atoms with van der Waals surface area (Å²) in [6.07, 6.45) is 4.76. The third-order valence-electron chi connectivity index (χ3n) is 4.22. The van der Waals surface area contributed by atoms with Gasteiger partial charge < -0.3 is 9.57 Å². The molecule has 1 aliphatic heterocycles. The molecule has 2 aromatic heterocycles. The second-order valence-electron chi connectivity index (χ2n) is 6.33. The lowest BCUT2D eigenvalue weighted by atomic mass is 10.1. The van der Waals surface area contributed by atoms with Crippen molar-refractivity contribution in [3.05, 3.63) is 65.1 Å². The second-order valence-corrected chi connectivity index (χ2v) is 6.33. The molecule has 0 saturated carbocycles. The summed E-state index contributed by atoms with van der Waals surface area (Å²) in [5, 5.41) is 9.42. The summed E-state index contributed by atoms with van der Waals surface area (Å²) in [5.74, 6) is 0.838. The number of aryl methyl sites for hydroxylation is 3. The van der Waals surface area contributed by atoms with Crippen molar-refractivity contribution in [2.75, 3.05) is 0 Å². The molecule has 27 heavy (non-hydrogen) atoms. The van der Waals surface area contributed by atoms with Gasteiger partial charge in [-0.05, 0) is 31.6 Å². The smallest absolute Gasteiger partial charge is 0.227 e. The van der Waals surface area contributed by atoms with Gasteiger partial charge in [-0.1, -0.05) is 35.0 Å². The average Bonchev–Trinajstić information content (AvgIpc) is 2.84. The van der Waals surface area contributed by atoms with Crippen molar-refractivity contribution in [2.24, 2.45) is 17.2 Å². The van der Waals surface area contributed by atoms with Gasteiger partial charge in [0.05, 0.1) is 11.3 Å². The number of aliphatic imine (C=N–C) groups is 1. The van der Waals surface area contributed by atoms with E-state index in [0.717, 1.165) is 22.3 Å². The van der Waals surface area contributed by atoms with E-state index in [4.69, 9.17) is 9.57 Å². The van der Waals surface area contributed by atoms with Crippen molar-refractivity contribution in [1.82, 2.24) is 14.8 Å². The first kappa shape index (κ1) is 17.0. The van der Waals surface area contributed by atoms with E-state index in [2.05, 4.69) is 39.3 Å². The van der Waals surface area contributed by atoms with Gasteiger partial charge in [-0.2, -0.15) is 10.1 Å². The maximum Gasteiger partial charge on any atom is 0.227 e. The van der Waals surface area contributed by atoms with E-state index in [-0.39, 0.29) is 0 Å². The normalized spacial score (nSPS) is 13.4. The number of amidine groups is 1. The minimum atomic E-state index is 0.389. The third kappa shape index (κ3) is 3.44. The molecule has 0 radical (unpaired) electrons. The molecule has 0 fully saturated rings. The van der Waals surface area contributed by atoms with E-state index in [9.17, 15) is 0 Å². The number of hydrogen-bond donors (Lipinski definition) is 0. The molecular weight excluding hydrogens is 342 g/mol. The molecule has 136 valence electrons. The van der Waals surface area contributed by atoms with Crippen LogP contribution in [0.3, 0.4) is 0 Å². The summed E-state index contributed by atoms with van der Waals surface area (Å²) in [6, 6.07) is 10.1. The van der Waals surface area contributed by atoms with Crippen LogP contribution < -0.4 is 4.74 Å². The van der Waals surface area contributed by atoms with E-state index < -0.39 is 0 Å². The van der Waals surface area contributed by atoms with Crippen molar-refractivity contribution in [3.8, 4) is 5.88 Å². The zero-order valence-corrected chi connectivity index (χ0v) is 15.4. The summed E-state index contributed by atoms with van der Waals surface area (Å²) >= 11 is 0. The van der Waals surface area contributed by atoms with Crippen molar-refractivity contribution in [3.63, 3.8) is 0 Å². The van der Waals surface area contributed by atoms with Crippen molar-refractivity contribution in [2.45, 2.75) is 20.5 Å². The Morgan fingerprint density at radius 3 is 2.93 bits per heavy atom. The SMILES string of the molecule is Cc1cccc(COc2nc3c(cc2C2=NOC=CC=N2)c(C)nn3C)c1. The number of aromatic nitrogens is 3. The fourth-order valence-corrected chi connectivity index (χ4v) is 2.96. The van der Waals surface area contributed by atoms with Gasteiger partial charge >= 0.3 is 0 Å². The van der Waals surface area contributed by atoms with Crippen LogP contribution >= 0.6 is 0 Å². The van der Waals surface area contributed by atoms with Gasteiger partial charge in [-0.3, -0.25) is 4.68 Å². The van der Waals surface area contributed by atoms with Gasteiger partial charge in [0.15, 0.2) is 5.65 Å². The van der Waals surface area contributed by atoms with E-state index in [0.29, 0.717) is 23.9 Å². The summed E-state index contributed by atoms with van der Waals surface area (Å²) in [7, 11) is 1.86. The van der Waals surface area contributed by atoms with Gasteiger partial charge in [-0.25, -0.2) is 4.99 Å². The van der Waals surface area contributed by atoms with Crippen LogP contribution in [0.5, 0.6) is 5.88 Å². The molecule has 7 heteroatoms. The van der Waals surface area contributed by atoms with Crippen LogP contribution in [0.15, 0.2) is 52.8 Å². The maximum atomic E-state index is 6.06. The number of ether oxygens (including phenoxy) is 1. The van der Waals surface area contributed by atoms with Crippen LogP contribution in [0.1, 0.15) is 22.4 Å². The molecule has 0 unspecified atom stereocenters. The standard InChI is InChI=1S/C20H19N5O2/c1-13-6-4-7-15(10-13)12-26-20-17(18-21-8-5-9-27-24-18)11-16-14(2)23-25(3)19(16)22-20/h4-11H,12H2,1-3H3. The first-order valence-corrected chi connectivity index (χ1v) is 8.58. The van der Waals surface area contributed by atoms with Crippen LogP contribution in [-0.2, 0) is 18.5 Å². The van der Waals surface area contributed by atoms with Gasteiger partial charge in [0.1, 0.15) is 12.9 Å². The number of oxime groups is 1. The van der Waals surface area contributed by atoms with Gasteiger partial charge in [0.2, 0.25) is 11.7 Å². The minimum absolute atomic E-state index is 0.389. The number of rotatable bonds is 4. The summed E-state index contributed by atoms with van der Waals surface area (Å²) in [5.41, 5.74) is 4.52. The first-order chi connectivity index (χ1) is 13.1. The Balaban J connectivity index is 1.77. The van der Waals surface area contributed by atoms with Crippen LogP contribution in [0.25, 0.3) is 11.0 Å². The number of hydrogen-bond acceptors (Lipinski definition) is 6. The topological polar surface area (TPSA) is 73.9 Å². The van der Waals surface area contributed by atoms with Gasteiger partial charge in [-0.15, -0.1) is 0 Å². The zero-order chi connectivity index (χ0) is 18.8. The van der Waals surface area contributed by atoms with Crippen LogP contribution in [0.4, 0.5) is 0 Å². The van der Waals surface area contributed by atoms with Crippen LogP contribution in [0, 0.1) is 13.8 Å². The summed E-state index contributed by atoms with van der Waals surface area (Å²) < 4.78 is 7.80. The maximum absolute atomic E-state index is 6.06. The van der Waals surface area contributed by atoms with Crippen molar-refractivity contribution >= 4 is 23.1 Å². The molecule has 3 aromatic rings. The van der Waals surface area contributed by atoms with Crippen molar-refractivity contribution in [1.29, 1.82) is 0 Å². The first-order valence-electron chi connectivity index (χ1n) is 8.58. The van der Waals surface area contributed by atoms with Crippen molar-refractivity contribution < 1.29 is 9.57 Å². The molecule has 0 saturated heterocycles. The highest BCUT2D eigenvalue weighted by molar-refractivity contribution is 6.07. The number of fused-ring (bicyclic) bond motifs is 1. The predicted octanol–water partition coefficient (Wildman–Crippen LogP) is 3.44.